The summed E-state index contributed by atoms with van der Waals surface area (Å²) in [6.45, 7) is 5.12. The van der Waals surface area contributed by atoms with Gasteiger partial charge in [0.25, 0.3) is 11.2 Å². The molecular formula is C25H33N5O3S. The molecule has 1 fully saturated rings. The van der Waals surface area contributed by atoms with Gasteiger partial charge in [0.1, 0.15) is 11.5 Å². The Balaban J connectivity index is 1.18. The zero-order valence-corrected chi connectivity index (χ0v) is 20.5. The van der Waals surface area contributed by atoms with Crippen LogP contribution >= 0.6 is 0 Å². The molecule has 0 aliphatic carbocycles. The minimum atomic E-state index is -1.60. The van der Waals surface area contributed by atoms with E-state index in [-0.39, 0.29) is 0 Å². The van der Waals surface area contributed by atoms with Crippen molar-refractivity contribution in [3.8, 4) is 11.5 Å². The molecule has 0 amide bonds. The third-order valence-corrected chi connectivity index (χ3v) is 6.47. The van der Waals surface area contributed by atoms with Crippen molar-refractivity contribution in [2.24, 2.45) is 8.80 Å². The zero-order chi connectivity index (χ0) is 23.6. The minimum absolute atomic E-state index is 0.507. The summed E-state index contributed by atoms with van der Waals surface area (Å²) in [5, 5.41) is 6.43. The smallest absolute Gasteiger partial charge is 0.269 e. The van der Waals surface area contributed by atoms with Gasteiger partial charge in [-0.2, -0.15) is 0 Å². The van der Waals surface area contributed by atoms with Crippen molar-refractivity contribution in [2.75, 3.05) is 33.4 Å². The van der Waals surface area contributed by atoms with Gasteiger partial charge < -0.3 is 20.1 Å². The molecule has 2 heterocycles. The first-order valence-corrected chi connectivity index (χ1v) is 12.9. The van der Waals surface area contributed by atoms with Gasteiger partial charge in [-0.1, -0.05) is 30.7 Å². The molecule has 2 aliphatic heterocycles. The second kappa shape index (κ2) is 12.5. The van der Waals surface area contributed by atoms with Crippen molar-refractivity contribution in [3.05, 3.63) is 59.7 Å². The van der Waals surface area contributed by atoms with E-state index in [9.17, 15) is 4.21 Å². The number of nitrogens with zero attached hydrogens (tertiary/aromatic N) is 3. The van der Waals surface area contributed by atoms with E-state index in [1.807, 2.05) is 30.3 Å². The number of piperidine rings is 1. The van der Waals surface area contributed by atoms with Crippen LogP contribution in [0.4, 0.5) is 0 Å². The van der Waals surface area contributed by atoms with Gasteiger partial charge in [0.15, 0.2) is 11.7 Å². The molecule has 8 nitrogen and oxygen atoms in total. The SMILES string of the molecule is COc1cccc(CNC2=NS(=O)N=C2NCCCOc2cccc(CN3CCCCC3)c2)c1. The van der Waals surface area contributed by atoms with E-state index in [1.54, 1.807) is 7.11 Å². The maximum absolute atomic E-state index is 11.8. The standard InChI is InChI=1S/C25H33N5O3S/c1-32-22-10-5-8-20(16-22)18-27-25-24(28-34(31)29-25)26-12-7-15-33-23-11-6-9-21(17-23)19-30-13-3-2-4-14-30/h5-6,8-11,16-17H,2-4,7,12-15,18-19H2,1H3,(H,26,28)(H,27,29). The first-order valence-electron chi connectivity index (χ1n) is 11.8. The molecule has 0 bridgehead atoms. The number of hydrogen-bond donors (Lipinski definition) is 2. The third-order valence-electron chi connectivity index (χ3n) is 5.79. The molecule has 9 heteroatoms. The highest BCUT2D eigenvalue weighted by molar-refractivity contribution is 7.83. The van der Waals surface area contributed by atoms with Crippen molar-refractivity contribution < 1.29 is 13.7 Å². The average Bonchev–Trinajstić information content (AvgIpc) is 3.22. The molecule has 1 saturated heterocycles. The van der Waals surface area contributed by atoms with Crippen LogP contribution in [0, 0.1) is 0 Å². The highest BCUT2D eigenvalue weighted by Crippen LogP contribution is 2.18. The number of benzene rings is 2. The third kappa shape index (κ3) is 7.30. The van der Waals surface area contributed by atoms with Gasteiger partial charge in [-0.25, -0.2) is 4.21 Å². The van der Waals surface area contributed by atoms with Gasteiger partial charge in [-0.3, -0.25) is 4.90 Å². The van der Waals surface area contributed by atoms with E-state index in [4.69, 9.17) is 9.47 Å². The van der Waals surface area contributed by atoms with Crippen LogP contribution in [-0.4, -0.2) is 54.1 Å². The lowest BCUT2D eigenvalue weighted by Crippen LogP contribution is -2.38. The predicted octanol–water partition coefficient (Wildman–Crippen LogP) is 3.22. The molecule has 34 heavy (non-hydrogen) atoms. The molecule has 1 unspecified atom stereocenters. The van der Waals surface area contributed by atoms with Crippen LogP contribution in [0.1, 0.15) is 36.8 Å². The summed E-state index contributed by atoms with van der Waals surface area (Å²) in [4.78, 5) is 2.51. The second-order valence-electron chi connectivity index (χ2n) is 8.43. The predicted molar refractivity (Wildman–Crippen MR) is 137 cm³/mol. The summed E-state index contributed by atoms with van der Waals surface area (Å²) < 4.78 is 31.2. The first kappa shape index (κ1) is 24.2. The Morgan fingerprint density at radius 2 is 1.65 bits per heavy atom. The van der Waals surface area contributed by atoms with E-state index in [0.29, 0.717) is 31.4 Å². The number of likely N-dealkylation sites (tertiary alicyclic amines) is 1. The van der Waals surface area contributed by atoms with Crippen molar-refractivity contribution in [1.82, 2.24) is 15.5 Å². The minimum Gasteiger partial charge on any atom is -0.497 e. The number of nitrogens with one attached hydrogen (secondary N) is 2. The van der Waals surface area contributed by atoms with E-state index in [0.717, 1.165) is 30.0 Å². The fourth-order valence-corrected chi connectivity index (χ4v) is 4.70. The molecule has 0 radical (unpaired) electrons. The van der Waals surface area contributed by atoms with Gasteiger partial charge in [0.05, 0.1) is 13.7 Å². The number of ether oxygens (including phenoxy) is 2. The Labute approximate surface area is 204 Å². The zero-order valence-electron chi connectivity index (χ0n) is 19.7. The molecule has 4 rings (SSSR count). The topological polar surface area (TPSA) is 87.5 Å². The van der Waals surface area contributed by atoms with E-state index < -0.39 is 11.2 Å². The summed E-state index contributed by atoms with van der Waals surface area (Å²) in [5.74, 6) is 2.72. The largest absolute Gasteiger partial charge is 0.497 e. The van der Waals surface area contributed by atoms with Crippen LogP contribution in [-0.2, 0) is 24.3 Å². The Bertz CT molecular complexity index is 1040. The molecule has 182 valence electrons. The normalized spacial score (nSPS) is 18.2. The highest BCUT2D eigenvalue weighted by Gasteiger charge is 2.18. The van der Waals surface area contributed by atoms with Crippen molar-refractivity contribution in [1.29, 1.82) is 0 Å². The van der Waals surface area contributed by atoms with E-state index in [2.05, 4.69) is 42.5 Å². The molecule has 0 spiro atoms. The van der Waals surface area contributed by atoms with Crippen LogP contribution in [0.5, 0.6) is 11.5 Å². The lowest BCUT2D eigenvalue weighted by atomic mass is 10.1. The van der Waals surface area contributed by atoms with Gasteiger partial charge in [-0.05, 0) is 67.7 Å². The highest BCUT2D eigenvalue weighted by atomic mass is 32.2. The molecule has 2 aliphatic rings. The monoisotopic (exact) mass is 483 g/mol. The number of hydrogen-bond acceptors (Lipinski definition) is 6. The van der Waals surface area contributed by atoms with Crippen molar-refractivity contribution in [3.63, 3.8) is 0 Å². The summed E-state index contributed by atoms with van der Waals surface area (Å²) in [6.07, 6.45) is 4.73. The fourth-order valence-electron chi connectivity index (χ4n) is 4.04. The van der Waals surface area contributed by atoms with E-state index in [1.165, 1.54) is 37.9 Å². The maximum atomic E-state index is 11.8. The Morgan fingerprint density at radius 3 is 2.44 bits per heavy atom. The van der Waals surface area contributed by atoms with Crippen LogP contribution in [0.25, 0.3) is 0 Å². The van der Waals surface area contributed by atoms with Crippen LogP contribution in [0.15, 0.2) is 57.3 Å². The lowest BCUT2D eigenvalue weighted by Gasteiger charge is -2.26. The molecular weight excluding hydrogens is 450 g/mol. The number of rotatable bonds is 10. The van der Waals surface area contributed by atoms with Gasteiger partial charge >= 0.3 is 0 Å². The summed E-state index contributed by atoms with van der Waals surface area (Å²) in [6, 6.07) is 16.1. The van der Waals surface area contributed by atoms with Crippen molar-refractivity contribution in [2.45, 2.75) is 38.8 Å². The van der Waals surface area contributed by atoms with Gasteiger partial charge in [0.2, 0.25) is 0 Å². The fraction of sp³-hybridized carbons (Fsp3) is 0.440. The molecule has 2 aromatic rings. The lowest BCUT2D eigenvalue weighted by molar-refractivity contribution is 0.220. The first-order chi connectivity index (χ1) is 16.7. The van der Waals surface area contributed by atoms with Crippen molar-refractivity contribution >= 4 is 22.8 Å². The number of methoxy groups -OCH3 is 1. The number of amidine groups is 2. The van der Waals surface area contributed by atoms with Gasteiger partial charge in [-0.15, -0.1) is 8.80 Å². The molecule has 2 N–H and O–H groups in total. The summed E-state index contributed by atoms with van der Waals surface area (Å²) in [5.41, 5.74) is 2.33. The average molecular weight is 484 g/mol. The van der Waals surface area contributed by atoms with Crippen LogP contribution in [0.3, 0.4) is 0 Å². The van der Waals surface area contributed by atoms with E-state index >= 15 is 0 Å². The quantitative estimate of drug-likeness (QED) is 0.505. The Hall–Kier alpha value is -2.91. The summed E-state index contributed by atoms with van der Waals surface area (Å²) >= 11 is -1.60. The Morgan fingerprint density at radius 1 is 0.941 bits per heavy atom. The van der Waals surface area contributed by atoms with Crippen LogP contribution < -0.4 is 20.1 Å². The summed E-state index contributed by atoms with van der Waals surface area (Å²) in [7, 11) is 1.64. The molecule has 2 aromatic carbocycles. The Kier molecular flexibility index (Phi) is 8.92. The molecule has 1 atom stereocenters. The molecule has 0 saturated carbocycles. The van der Waals surface area contributed by atoms with Crippen LogP contribution in [0.2, 0.25) is 0 Å². The molecule has 0 aromatic heterocycles. The van der Waals surface area contributed by atoms with Gasteiger partial charge in [0, 0.05) is 19.6 Å². The second-order valence-corrected chi connectivity index (χ2v) is 9.26. The maximum Gasteiger partial charge on any atom is 0.269 e.